The van der Waals surface area contributed by atoms with Crippen LogP contribution in [0, 0.1) is 0 Å². The van der Waals surface area contributed by atoms with E-state index >= 15 is 0 Å². The molecule has 2 aliphatic heterocycles. The van der Waals surface area contributed by atoms with E-state index in [1.807, 2.05) is 24.3 Å². The van der Waals surface area contributed by atoms with Crippen molar-refractivity contribution in [2.45, 2.75) is 19.6 Å². The van der Waals surface area contributed by atoms with Crippen LogP contribution in [0.25, 0.3) is 0 Å². The number of hydrogen-bond donors (Lipinski definition) is 0. The second kappa shape index (κ2) is 5.02. The molecule has 112 valence electrons. The number of benzene rings is 1. The Morgan fingerprint density at radius 2 is 2.14 bits per heavy atom. The number of pyridine rings is 1. The number of hydrogen-bond acceptors (Lipinski definition) is 5. The predicted octanol–water partition coefficient (Wildman–Crippen LogP) is 2.32. The van der Waals surface area contributed by atoms with Gasteiger partial charge < -0.3 is 14.4 Å². The van der Waals surface area contributed by atoms with E-state index in [0.29, 0.717) is 18.1 Å². The van der Waals surface area contributed by atoms with Crippen molar-refractivity contribution in [2.24, 2.45) is 0 Å². The highest BCUT2D eigenvalue weighted by Gasteiger charge is 2.26. The maximum Gasteiger partial charge on any atom is 0.338 e. The highest BCUT2D eigenvalue weighted by Crippen LogP contribution is 2.29. The summed E-state index contributed by atoms with van der Waals surface area (Å²) < 4.78 is 10.3. The van der Waals surface area contributed by atoms with Crippen molar-refractivity contribution in [1.82, 2.24) is 4.98 Å². The first-order chi connectivity index (χ1) is 10.7. The van der Waals surface area contributed by atoms with Crippen molar-refractivity contribution in [1.29, 1.82) is 0 Å². The van der Waals surface area contributed by atoms with Gasteiger partial charge in [0.05, 0.1) is 12.7 Å². The van der Waals surface area contributed by atoms with E-state index in [0.717, 1.165) is 30.9 Å². The van der Waals surface area contributed by atoms with Crippen LogP contribution in [0.2, 0.25) is 0 Å². The maximum atomic E-state index is 11.7. The van der Waals surface area contributed by atoms with Crippen LogP contribution in [0.4, 0.5) is 5.82 Å². The molecule has 0 N–H and O–H groups in total. The summed E-state index contributed by atoms with van der Waals surface area (Å²) in [6, 6.07) is 9.86. The molecular formula is C17H16N2O3. The Hall–Kier alpha value is -2.56. The molecule has 1 aromatic heterocycles. The number of fused-ring (bicyclic) bond motifs is 2. The fourth-order valence-electron chi connectivity index (χ4n) is 3.08. The number of aromatic nitrogens is 1. The number of nitrogens with zero attached hydrogens (tertiary/aromatic N) is 2. The van der Waals surface area contributed by atoms with Crippen LogP contribution < -0.4 is 9.64 Å². The van der Waals surface area contributed by atoms with E-state index in [1.54, 1.807) is 7.11 Å². The number of rotatable bonds is 2. The van der Waals surface area contributed by atoms with Gasteiger partial charge in [-0.2, -0.15) is 4.98 Å². The zero-order valence-electron chi connectivity index (χ0n) is 12.3. The summed E-state index contributed by atoms with van der Waals surface area (Å²) in [5.74, 6) is 1.29. The average molecular weight is 296 g/mol. The Bertz CT molecular complexity index is 758. The van der Waals surface area contributed by atoms with Crippen LogP contribution >= 0.6 is 0 Å². The van der Waals surface area contributed by atoms with Crippen molar-refractivity contribution in [3.63, 3.8) is 0 Å². The lowest BCUT2D eigenvalue weighted by atomic mass is 9.94. The van der Waals surface area contributed by atoms with E-state index in [9.17, 15) is 4.79 Å². The first-order valence-electron chi connectivity index (χ1n) is 7.32. The molecule has 0 radical (unpaired) electrons. The largest absolute Gasteiger partial charge is 0.481 e. The zero-order valence-corrected chi connectivity index (χ0v) is 12.3. The smallest absolute Gasteiger partial charge is 0.338 e. The molecule has 0 spiro atoms. The summed E-state index contributed by atoms with van der Waals surface area (Å²) in [5, 5.41) is 0. The lowest BCUT2D eigenvalue weighted by Gasteiger charge is -2.30. The number of carbonyl (C=O) groups excluding carboxylic acids is 1. The number of ether oxygens (including phenoxy) is 2. The maximum absolute atomic E-state index is 11.7. The minimum absolute atomic E-state index is 0.213. The molecule has 4 rings (SSSR count). The van der Waals surface area contributed by atoms with E-state index < -0.39 is 0 Å². The summed E-state index contributed by atoms with van der Waals surface area (Å²) in [6.45, 7) is 2.05. The molecule has 2 aromatic rings. The molecule has 22 heavy (non-hydrogen) atoms. The summed E-state index contributed by atoms with van der Waals surface area (Å²) >= 11 is 0. The molecule has 0 bridgehead atoms. The molecular weight excluding hydrogens is 280 g/mol. The van der Waals surface area contributed by atoms with Crippen molar-refractivity contribution in [3.8, 4) is 5.88 Å². The quantitative estimate of drug-likeness (QED) is 0.796. The highest BCUT2D eigenvalue weighted by molar-refractivity contribution is 5.93. The fraction of sp³-hybridized carbons (Fsp3) is 0.294. The molecule has 1 aromatic carbocycles. The molecule has 5 heteroatoms. The molecule has 0 saturated carbocycles. The van der Waals surface area contributed by atoms with E-state index in [-0.39, 0.29) is 5.97 Å². The van der Waals surface area contributed by atoms with E-state index in [2.05, 4.69) is 16.0 Å². The highest BCUT2D eigenvalue weighted by atomic mass is 16.5. The molecule has 0 fully saturated rings. The molecule has 0 aliphatic carbocycles. The second-order valence-electron chi connectivity index (χ2n) is 5.56. The molecule has 0 atom stereocenters. The number of methoxy groups -OCH3 is 1. The molecule has 0 saturated heterocycles. The number of anilines is 1. The van der Waals surface area contributed by atoms with Crippen molar-refractivity contribution in [2.75, 3.05) is 18.6 Å². The van der Waals surface area contributed by atoms with Crippen LogP contribution in [0.3, 0.4) is 0 Å². The molecule has 2 aliphatic rings. The van der Waals surface area contributed by atoms with Crippen LogP contribution in [0.1, 0.15) is 27.0 Å². The van der Waals surface area contributed by atoms with Gasteiger partial charge in [-0.25, -0.2) is 4.79 Å². The lowest BCUT2D eigenvalue weighted by molar-refractivity contribution is 0.0535. The Morgan fingerprint density at radius 1 is 1.23 bits per heavy atom. The first-order valence-corrected chi connectivity index (χ1v) is 7.32. The zero-order chi connectivity index (χ0) is 15.1. The van der Waals surface area contributed by atoms with Gasteiger partial charge in [0, 0.05) is 24.7 Å². The fourth-order valence-corrected chi connectivity index (χ4v) is 3.08. The van der Waals surface area contributed by atoms with Crippen LogP contribution in [-0.2, 0) is 24.3 Å². The summed E-state index contributed by atoms with van der Waals surface area (Å²) in [7, 11) is 1.62. The van der Waals surface area contributed by atoms with Gasteiger partial charge in [0.1, 0.15) is 12.4 Å². The third-order valence-corrected chi connectivity index (χ3v) is 4.26. The third-order valence-electron chi connectivity index (χ3n) is 4.26. The van der Waals surface area contributed by atoms with E-state index in [1.165, 1.54) is 11.1 Å². The standard InChI is InChI=1S/C17H16N2O3/c1-21-16-4-2-3-15(18-16)19-6-5-11-7-13-10-22-17(20)14(13)8-12(11)9-19/h2-4,7-8H,5-6,9-10H2,1H3. The van der Waals surface area contributed by atoms with Gasteiger partial charge in [-0.05, 0) is 29.7 Å². The minimum Gasteiger partial charge on any atom is -0.481 e. The van der Waals surface area contributed by atoms with Gasteiger partial charge in [0.25, 0.3) is 0 Å². The van der Waals surface area contributed by atoms with E-state index in [4.69, 9.17) is 9.47 Å². The van der Waals surface area contributed by atoms with Crippen LogP contribution in [0.5, 0.6) is 5.88 Å². The summed E-state index contributed by atoms with van der Waals surface area (Å²) in [4.78, 5) is 18.4. The number of carbonyl (C=O) groups is 1. The lowest BCUT2D eigenvalue weighted by Crippen LogP contribution is -2.31. The van der Waals surface area contributed by atoms with Crippen molar-refractivity contribution >= 4 is 11.8 Å². The Kier molecular flexibility index (Phi) is 2.99. The molecule has 0 unspecified atom stereocenters. The van der Waals surface area contributed by atoms with Gasteiger partial charge in [-0.15, -0.1) is 0 Å². The summed E-state index contributed by atoms with van der Waals surface area (Å²) in [5.41, 5.74) is 4.19. The van der Waals surface area contributed by atoms with Gasteiger partial charge in [-0.3, -0.25) is 0 Å². The monoisotopic (exact) mass is 296 g/mol. The molecule has 5 nitrogen and oxygen atoms in total. The summed E-state index contributed by atoms with van der Waals surface area (Å²) in [6.07, 6.45) is 0.940. The van der Waals surface area contributed by atoms with Gasteiger partial charge >= 0.3 is 5.97 Å². The van der Waals surface area contributed by atoms with Crippen molar-refractivity contribution < 1.29 is 14.3 Å². The topological polar surface area (TPSA) is 51.7 Å². The van der Waals surface area contributed by atoms with Gasteiger partial charge in [-0.1, -0.05) is 12.1 Å². The van der Waals surface area contributed by atoms with Gasteiger partial charge in [0.15, 0.2) is 0 Å². The normalized spacial score (nSPS) is 16.0. The van der Waals surface area contributed by atoms with Crippen molar-refractivity contribution in [3.05, 3.63) is 52.6 Å². The number of esters is 1. The van der Waals surface area contributed by atoms with Crippen LogP contribution in [0.15, 0.2) is 30.3 Å². The SMILES string of the molecule is COc1cccc(N2CCc3cc4c(cc3C2)C(=O)OC4)n1. The second-order valence-corrected chi connectivity index (χ2v) is 5.56. The molecule has 0 amide bonds. The van der Waals surface area contributed by atoms with Crippen LogP contribution in [-0.4, -0.2) is 24.6 Å². The Morgan fingerprint density at radius 3 is 3.00 bits per heavy atom. The predicted molar refractivity (Wildman–Crippen MR) is 81.1 cm³/mol. The average Bonchev–Trinajstić information content (AvgIpc) is 2.93. The first kappa shape index (κ1) is 13.1. The number of cyclic esters (lactones) is 1. The molecule has 3 heterocycles. The Labute approximate surface area is 128 Å². The van der Waals surface area contributed by atoms with Gasteiger partial charge in [0.2, 0.25) is 5.88 Å². The Balaban J connectivity index is 1.66. The minimum atomic E-state index is -0.213. The third kappa shape index (κ3) is 2.09.